The molecule has 1 atom stereocenters. The number of nitrogens with one attached hydrogen (secondary N) is 1. The molecule has 14 heavy (non-hydrogen) atoms. The van der Waals surface area contributed by atoms with Crippen LogP contribution in [0.15, 0.2) is 18.2 Å². The third-order valence-electron chi connectivity index (χ3n) is 1.97. The topological polar surface area (TPSA) is 38.0 Å². The van der Waals surface area contributed by atoms with Gasteiger partial charge in [-0.25, -0.2) is 4.39 Å². The first-order valence-corrected chi connectivity index (χ1v) is 4.90. The maximum Gasteiger partial charge on any atom is 0.147 e. The number of hydrogen-bond acceptors (Lipinski definition) is 2. The monoisotopic (exact) mass is 216 g/mol. The molecule has 0 aliphatic heterocycles. The van der Waals surface area contributed by atoms with E-state index in [1.807, 2.05) is 6.92 Å². The number of benzene rings is 1. The summed E-state index contributed by atoms with van der Waals surface area (Å²) in [4.78, 5) is 0. The molecule has 0 bridgehead atoms. The third-order valence-corrected chi connectivity index (χ3v) is 2.21. The third kappa shape index (κ3) is 3.16. The van der Waals surface area contributed by atoms with Crippen molar-refractivity contribution in [2.75, 3.05) is 18.4 Å². The van der Waals surface area contributed by atoms with Crippen molar-refractivity contribution in [2.45, 2.75) is 6.92 Å². The predicted molar refractivity (Wildman–Crippen MR) is 58.1 cm³/mol. The second-order valence-electron chi connectivity index (χ2n) is 3.35. The van der Waals surface area contributed by atoms with Crippen molar-refractivity contribution in [3.05, 3.63) is 29.0 Å². The Hall–Kier alpha value is -0.800. The van der Waals surface area contributed by atoms with Gasteiger partial charge in [0.25, 0.3) is 0 Å². The molecule has 0 radical (unpaired) electrons. The lowest BCUT2D eigenvalue weighted by atomic mass is 10.2. The van der Waals surface area contributed by atoms with E-state index >= 15 is 0 Å². The Labute approximate surface area is 88.2 Å². The van der Waals surface area contributed by atoms with Crippen molar-refractivity contribution in [3.8, 4) is 0 Å². The number of anilines is 1. The molecule has 1 unspecified atom stereocenters. The minimum atomic E-state index is -0.332. The van der Waals surface area contributed by atoms with Crippen LogP contribution in [0.1, 0.15) is 6.92 Å². The van der Waals surface area contributed by atoms with Gasteiger partial charge in [-0.2, -0.15) is 0 Å². The zero-order valence-electron chi connectivity index (χ0n) is 8.06. The summed E-state index contributed by atoms with van der Waals surface area (Å²) in [7, 11) is 0. The standard InChI is InChI=1S/C10H14ClFN2/c1-7(5-13)6-14-10-3-2-8(11)4-9(10)12/h2-4,7,14H,5-6,13H2,1H3. The first-order chi connectivity index (χ1) is 6.63. The fourth-order valence-electron chi connectivity index (χ4n) is 1.00. The fraction of sp³-hybridized carbons (Fsp3) is 0.400. The van der Waals surface area contributed by atoms with Crippen LogP contribution in [-0.4, -0.2) is 13.1 Å². The van der Waals surface area contributed by atoms with E-state index in [0.29, 0.717) is 29.7 Å². The van der Waals surface area contributed by atoms with Crippen LogP contribution in [-0.2, 0) is 0 Å². The molecule has 1 aromatic rings. The second-order valence-corrected chi connectivity index (χ2v) is 3.78. The first kappa shape index (κ1) is 11.3. The zero-order chi connectivity index (χ0) is 10.6. The molecular formula is C10H14ClFN2. The molecule has 0 amide bonds. The predicted octanol–water partition coefficient (Wildman–Crippen LogP) is 2.49. The van der Waals surface area contributed by atoms with E-state index in [1.54, 1.807) is 12.1 Å². The normalized spacial score (nSPS) is 12.6. The highest BCUT2D eigenvalue weighted by atomic mass is 35.5. The molecular weight excluding hydrogens is 203 g/mol. The molecule has 0 aromatic heterocycles. The highest BCUT2D eigenvalue weighted by Gasteiger charge is 2.03. The quantitative estimate of drug-likeness (QED) is 0.812. The van der Waals surface area contributed by atoms with Crippen LogP contribution in [0.4, 0.5) is 10.1 Å². The van der Waals surface area contributed by atoms with Crippen LogP contribution in [0.25, 0.3) is 0 Å². The summed E-state index contributed by atoms with van der Waals surface area (Å²) in [5.74, 6) is -0.00759. The highest BCUT2D eigenvalue weighted by molar-refractivity contribution is 6.30. The van der Waals surface area contributed by atoms with Crippen LogP contribution in [0.2, 0.25) is 5.02 Å². The Bertz CT molecular complexity index is 304. The molecule has 2 nitrogen and oxygen atoms in total. The van der Waals surface area contributed by atoms with Gasteiger partial charge in [0, 0.05) is 11.6 Å². The van der Waals surface area contributed by atoms with E-state index in [4.69, 9.17) is 17.3 Å². The SMILES string of the molecule is CC(CN)CNc1ccc(Cl)cc1F. The molecule has 0 fully saturated rings. The van der Waals surface area contributed by atoms with Crippen LogP contribution >= 0.6 is 11.6 Å². The van der Waals surface area contributed by atoms with Gasteiger partial charge in [-0.15, -0.1) is 0 Å². The summed E-state index contributed by atoms with van der Waals surface area (Å²) in [5.41, 5.74) is 5.91. The van der Waals surface area contributed by atoms with Gasteiger partial charge in [0.05, 0.1) is 5.69 Å². The van der Waals surface area contributed by atoms with Crippen molar-refractivity contribution in [2.24, 2.45) is 11.7 Å². The zero-order valence-corrected chi connectivity index (χ0v) is 8.81. The van der Waals surface area contributed by atoms with Crippen molar-refractivity contribution < 1.29 is 4.39 Å². The lowest BCUT2D eigenvalue weighted by Crippen LogP contribution is -2.20. The average molecular weight is 217 g/mol. The molecule has 0 spiro atoms. The Balaban J connectivity index is 2.59. The highest BCUT2D eigenvalue weighted by Crippen LogP contribution is 2.18. The Morgan fingerprint density at radius 3 is 2.86 bits per heavy atom. The minimum absolute atomic E-state index is 0.324. The Morgan fingerprint density at radius 2 is 2.29 bits per heavy atom. The summed E-state index contributed by atoms with van der Waals surface area (Å²) in [5, 5.41) is 3.38. The van der Waals surface area contributed by atoms with Gasteiger partial charge >= 0.3 is 0 Å². The summed E-state index contributed by atoms with van der Waals surface area (Å²) in [6.07, 6.45) is 0. The Kier molecular flexibility index (Phi) is 4.17. The van der Waals surface area contributed by atoms with E-state index in [1.165, 1.54) is 6.07 Å². The lowest BCUT2D eigenvalue weighted by molar-refractivity contribution is 0.609. The number of hydrogen-bond donors (Lipinski definition) is 2. The van der Waals surface area contributed by atoms with Gasteiger partial charge in [0.1, 0.15) is 5.82 Å². The van der Waals surface area contributed by atoms with Crippen LogP contribution in [0.5, 0.6) is 0 Å². The molecule has 1 aromatic carbocycles. The molecule has 0 aliphatic rings. The van der Waals surface area contributed by atoms with E-state index in [2.05, 4.69) is 5.32 Å². The van der Waals surface area contributed by atoms with Gasteiger partial charge in [-0.05, 0) is 30.7 Å². The molecule has 1 rings (SSSR count). The average Bonchev–Trinajstić information content (AvgIpc) is 2.16. The second kappa shape index (κ2) is 5.17. The summed E-state index contributed by atoms with van der Waals surface area (Å²) >= 11 is 5.62. The molecule has 78 valence electrons. The van der Waals surface area contributed by atoms with Crippen LogP contribution in [0, 0.1) is 11.7 Å². The van der Waals surface area contributed by atoms with E-state index in [-0.39, 0.29) is 5.82 Å². The van der Waals surface area contributed by atoms with Gasteiger partial charge in [-0.3, -0.25) is 0 Å². The maximum absolute atomic E-state index is 13.2. The van der Waals surface area contributed by atoms with Crippen LogP contribution in [0.3, 0.4) is 0 Å². The number of rotatable bonds is 4. The molecule has 3 N–H and O–H groups in total. The fourth-order valence-corrected chi connectivity index (χ4v) is 1.16. The van der Waals surface area contributed by atoms with Gasteiger partial charge in [0.15, 0.2) is 0 Å². The molecule has 0 saturated carbocycles. The van der Waals surface area contributed by atoms with E-state index in [0.717, 1.165) is 0 Å². The molecule has 0 aliphatic carbocycles. The summed E-state index contributed by atoms with van der Waals surface area (Å²) in [6.45, 7) is 3.25. The molecule has 0 heterocycles. The number of nitrogens with two attached hydrogens (primary N) is 1. The van der Waals surface area contributed by atoms with Crippen molar-refractivity contribution >= 4 is 17.3 Å². The molecule has 0 saturated heterocycles. The first-order valence-electron chi connectivity index (χ1n) is 4.52. The van der Waals surface area contributed by atoms with Crippen molar-refractivity contribution in [3.63, 3.8) is 0 Å². The molecule has 4 heteroatoms. The summed E-state index contributed by atoms with van der Waals surface area (Å²) in [6, 6.07) is 4.57. The van der Waals surface area contributed by atoms with Crippen molar-refractivity contribution in [1.82, 2.24) is 0 Å². The minimum Gasteiger partial charge on any atom is -0.382 e. The Morgan fingerprint density at radius 1 is 1.57 bits per heavy atom. The van der Waals surface area contributed by atoms with Crippen molar-refractivity contribution in [1.29, 1.82) is 0 Å². The van der Waals surface area contributed by atoms with E-state index < -0.39 is 0 Å². The van der Waals surface area contributed by atoms with E-state index in [9.17, 15) is 4.39 Å². The van der Waals surface area contributed by atoms with Gasteiger partial charge < -0.3 is 11.1 Å². The van der Waals surface area contributed by atoms with Crippen LogP contribution < -0.4 is 11.1 Å². The maximum atomic E-state index is 13.2. The smallest absolute Gasteiger partial charge is 0.147 e. The van der Waals surface area contributed by atoms with Gasteiger partial charge in [0.2, 0.25) is 0 Å². The summed E-state index contributed by atoms with van der Waals surface area (Å²) < 4.78 is 13.2. The number of halogens is 2. The van der Waals surface area contributed by atoms with Gasteiger partial charge in [-0.1, -0.05) is 18.5 Å². The largest absolute Gasteiger partial charge is 0.382 e. The lowest BCUT2D eigenvalue weighted by Gasteiger charge is -2.11.